The number of aromatic nitrogens is 4. The van der Waals surface area contributed by atoms with Crippen LogP contribution in [0.15, 0.2) is 55.0 Å². The third kappa shape index (κ3) is 5.62. The standard InChI is InChI=1S/C26H31N6O8P/c1-4-37-25(34)15(2)31-41(36,40-19-11-7-9-16-8-5-6-10-17(16)19)38-13-20-21(33)26(3,35)22(39-20)18-12-28-24-23(27)29-14-30-32(18)24/h5-12,14-15,20-22,33,35H,4,13H2,1-3H3,(H,31,36)(H2,27,29,30)/t15-,20+,21+,22-,26+,41?/m0/s1. The largest absolute Gasteiger partial charge is 0.465 e. The molecular weight excluding hydrogens is 555 g/mol. The Morgan fingerprint density at radius 2 is 2.02 bits per heavy atom. The first-order chi connectivity index (χ1) is 19.5. The van der Waals surface area contributed by atoms with Crippen molar-refractivity contribution >= 4 is 36.0 Å². The van der Waals surface area contributed by atoms with Crippen molar-refractivity contribution in [2.24, 2.45) is 0 Å². The molecule has 218 valence electrons. The molecule has 0 spiro atoms. The van der Waals surface area contributed by atoms with E-state index in [4.69, 9.17) is 24.3 Å². The number of fused-ring (bicyclic) bond motifs is 2. The molecular formula is C26H31N6O8P. The summed E-state index contributed by atoms with van der Waals surface area (Å²) >= 11 is 0. The fourth-order valence-corrected chi connectivity index (χ4v) is 6.19. The number of hydrogen-bond donors (Lipinski definition) is 4. The average Bonchev–Trinajstić information content (AvgIpc) is 3.47. The summed E-state index contributed by atoms with van der Waals surface area (Å²) < 4.78 is 38.1. The number of nitrogen functional groups attached to an aromatic ring is 1. The number of aliphatic hydroxyl groups is 2. The highest BCUT2D eigenvalue weighted by Gasteiger charge is 2.54. The summed E-state index contributed by atoms with van der Waals surface area (Å²) in [5, 5.41) is 30.5. The third-order valence-corrected chi connectivity index (χ3v) is 8.42. The molecule has 5 rings (SSSR count). The number of hydrogen-bond acceptors (Lipinski definition) is 12. The van der Waals surface area contributed by atoms with Crippen LogP contribution in [0.1, 0.15) is 32.6 Å². The number of anilines is 1. The van der Waals surface area contributed by atoms with Gasteiger partial charge in [-0.1, -0.05) is 36.4 Å². The van der Waals surface area contributed by atoms with E-state index in [1.54, 1.807) is 31.2 Å². The van der Waals surface area contributed by atoms with Gasteiger partial charge in [0.25, 0.3) is 0 Å². The molecule has 1 saturated heterocycles. The summed E-state index contributed by atoms with van der Waals surface area (Å²) in [6.07, 6.45) is -1.12. The van der Waals surface area contributed by atoms with Crippen molar-refractivity contribution in [3.8, 4) is 5.75 Å². The normalized spacial score (nSPS) is 24.8. The lowest BCUT2D eigenvalue weighted by atomic mass is 9.91. The van der Waals surface area contributed by atoms with E-state index >= 15 is 0 Å². The lowest BCUT2D eigenvalue weighted by Crippen LogP contribution is -2.43. The van der Waals surface area contributed by atoms with Crippen molar-refractivity contribution in [3.63, 3.8) is 0 Å². The SMILES string of the molecule is CCOC(=O)[C@H](C)NP(=O)(OC[C@H]1O[C@@H](c2cnc3c(N)ncnn23)[C@](C)(O)[C@@H]1O)Oc1cccc2ccccc12. The summed E-state index contributed by atoms with van der Waals surface area (Å²) in [6.45, 7) is 4.14. The molecule has 0 saturated carbocycles. The van der Waals surface area contributed by atoms with Crippen LogP contribution < -0.4 is 15.3 Å². The van der Waals surface area contributed by atoms with Gasteiger partial charge in [-0.05, 0) is 32.2 Å². The number of nitrogens with one attached hydrogen (secondary N) is 1. The lowest BCUT2D eigenvalue weighted by Gasteiger charge is -2.26. The molecule has 14 nitrogen and oxygen atoms in total. The number of benzene rings is 2. The zero-order chi connectivity index (χ0) is 29.4. The molecule has 0 amide bonds. The van der Waals surface area contributed by atoms with Crippen LogP contribution in [0.2, 0.25) is 0 Å². The van der Waals surface area contributed by atoms with E-state index in [1.165, 1.54) is 30.9 Å². The van der Waals surface area contributed by atoms with E-state index in [0.29, 0.717) is 11.1 Å². The second-order valence-corrected chi connectivity index (χ2v) is 11.4. The second-order valence-electron chi connectivity index (χ2n) is 9.75. The van der Waals surface area contributed by atoms with E-state index in [0.717, 1.165) is 5.39 Å². The fourth-order valence-electron chi connectivity index (χ4n) is 4.67. The highest BCUT2D eigenvalue weighted by Crippen LogP contribution is 2.49. The topological polar surface area (TPSA) is 193 Å². The van der Waals surface area contributed by atoms with Crippen LogP contribution >= 0.6 is 7.75 Å². The molecule has 15 heteroatoms. The number of nitrogens with two attached hydrogens (primary N) is 1. The molecule has 0 aliphatic carbocycles. The van der Waals surface area contributed by atoms with Crippen LogP contribution in [0.25, 0.3) is 16.4 Å². The van der Waals surface area contributed by atoms with Crippen LogP contribution in [-0.4, -0.2) is 72.8 Å². The quantitative estimate of drug-likeness (QED) is 0.156. The van der Waals surface area contributed by atoms with Gasteiger partial charge in [-0.25, -0.2) is 19.0 Å². The molecule has 0 radical (unpaired) electrons. The highest BCUT2D eigenvalue weighted by molar-refractivity contribution is 7.52. The van der Waals surface area contributed by atoms with Gasteiger partial charge in [0, 0.05) is 5.39 Å². The Labute approximate surface area is 235 Å². The number of aliphatic hydroxyl groups excluding tert-OH is 1. The minimum atomic E-state index is -4.30. The highest BCUT2D eigenvalue weighted by atomic mass is 31.2. The predicted octanol–water partition coefficient (Wildman–Crippen LogP) is 2.16. The number of nitrogens with zero attached hydrogens (tertiary/aromatic N) is 4. The summed E-state index contributed by atoms with van der Waals surface area (Å²) in [5.74, 6) is -0.291. The third-order valence-electron chi connectivity index (χ3n) is 6.79. The maximum atomic E-state index is 14.1. The fraction of sp³-hybridized carbons (Fsp3) is 0.385. The van der Waals surface area contributed by atoms with Gasteiger partial charge >= 0.3 is 13.7 Å². The number of carbonyl (C=O) groups excluding carboxylic acids is 1. The van der Waals surface area contributed by atoms with Crippen molar-refractivity contribution in [3.05, 3.63) is 60.7 Å². The Morgan fingerprint density at radius 3 is 2.80 bits per heavy atom. The van der Waals surface area contributed by atoms with Crippen molar-refractivity contribution in [2.45, 2.75) is 50.7 Å². The minimum Gasteiger partial charge on any atom is -0.465 e. The Balaban J connectivity index is 1.40. The van der Waals surface area contributed by atoms with E-state index < -0.39 is 50.3 Å². The van der Waals surface area contributed by atoms with Gasteiger partial charge < -0.3 is 29.9 Å². The molecule has 2 aromatic heterocycles. The van der Waals surface area contributed by atoms with Gasteiger partial charge in [0.1, 0.15) is 42.0 Å². The Hall–Kier alpha value is -3.65. The molecule has 4 aromatic rings. The van der Waals surface area contributed by atoms with Crippen LogP contribution in [0.4, 0.5) is 5.82 Å². The number of carbonyl (C=O) groups is 1. The number of esters is 1. The molecule has 1 aliphatic rings. The van der Waals surface area contributed by atoms with Crippen molar-refractivity contribution in [1.29, 1.82) is 0 Å². The second kappa shape index (κ2) is 11.3. The van der Waals surface area contributed by atoms with Gasteiger partial charge in [-0.3, -0.25) is 9.32 Å². The summed E-state index contributed by atoms with van der Waals surface area (Å²) in [6, 6.07) is 11.5. The van der Waals surface area contributed by atoms with Crippen molar-refractivity contribution in [2.75, 3.05) is 18.9 Å². The Bertz CT molecular complexity index is 1610. The monoisotopic (exact) mass is 586 g/mol. The molecule has 1 fully saturated rings. The number of imidazole rings is 1. The van der Waals surface area contributed by atoms with Crippen LogP contribution in [0, 0.1) is 0 Å². The summed E-state index contributed by atoms with van der Waals surface area (Å²) in [4.78, 5) is 20.4. The lowest BCUT2D eigenvalue weighted by molar-refractivity contribution is -0.144. The van der Waals surface area contributed by atoms with Gasteiger partial charge in [0.2, 0.25) is 0 Å². The molecule has 41 heavy (non-hydrogen) atoms. The zero-order valence-corrected chi connectivity index (χ0v) is 23.5. The Kier molecular flexibility index (Phi) is 7.97. The minimum absolute atomic E-state index is 0.123. The molecule has 6 atom stereocenters. The molecule has 3 heterocycles. The van der Waals surface area contributed by atoms with Crippen molar-refractivity contribution in [1.82, 2.24) is 24.7 Å². The Morgan fingerprint density at radius 1 is 1.27 bits per heavy atom. The van der Waals surface area contributed by atoms with Gasteiger partial charge in [0.05, 0.1) is 25.1 Å². The van der Waals surface area contributed by atoms with Crippen LogP contribution in [0.3, 0.4) is 0 Å². The van der Waals surface area contributed by atoms with E-state index in [-0.39, 0.29) is 23.8 Å². The predicted molar refractivity (Wildman–Crippen MR) is 147 cm³/mol. The molecule has 1 aliphatic heterocycles. The molecule has 0 bridgehead atoms. The molecule has 5 N–H and O–H groups in total. The first-order valence-corrected chi connectivity index (χ1v) is 14.4. The van der Waals surface area contributed by atoms with Crippen LogP contribution in [-0.2, 0) is 23.4 Å². The van der Waals surface area contributed by atoms with E-state index in [9.17, 15) is 19.6 Å². The summed E-state index contributed by atoms with van der Waals surface area (Å²) in [7, 11) is -4.30. The van der Waals surface area contributed by atoms with E-state index in [2.05, 4.69) is 20.2 Å². The smallest absolute Gasteiger partial charge is 0.459 e. The average molecular weight is 587 g/mol. The van der Waals surface area contributed by atoms with Crippen molar-refractivity contribution < 1.29 is 38.1 Å². The molecule has 1 unspecified atom stereocenters. The summed E-state index contributed by atoms with van der Waals surface area (Å²) in [5.41, 5.74) is 4.61. The maximum Gasteiger partial charge on any atom is 0.459 e. The van der Waals surface area contributed by atoms with Crippen LogP contribution in [0.5, 0.6) is 5.75 Å². The number of ether oxygens (including phenoxy) is 2. The maximum absolute atomic E-state index is 14.1. The molecule has 2 aromatic carbocycles. The first-order valence-electron chi connectivity index (χ1n) is 12.9. The zero-order valence-electron chi connectivity index (χ0n) is 22.6. The van der Waals surface area contributed by atoms with Gasteiger partial charge in [0.15, 0.2) is 11.5 Å². The first kappa shape index (κ1) is 28.9. The van der Waals surface area contributed by atoms with E-state index in [1.807, 2.05) is 18.2 Å². The van der Waals surface area contributed by atoms with Gasteiger partial charge in [-0.2, -0.15) is 10.2 Å². The number of rotatable bonds is 10. The van der Waals surface area contributed by atoms with Gasteiger partial charge in [-0.15, -0.1) is 0 Å².